The zero-order chi connectivity index (χ0) is 29.5. The quantitative estimate of drug-likeness (QED) is 0.0341. The number of nitro benzene ring substituents is 1. The molecule has 0 spiro atoms. The Kier molecular flexibility index (Phi) is 18.1. The average Bonchev–Trinajstić information content (AvgIpc) is 2.97. The third kappa shape index (κ3) is 16.1. The molecule has 0 aliphatic heterocycles. The van der Waals surface area contributed by atoms with Crippen molar-refractivity contribution in [2.45, 2.75) is 129 Å². The lowest BCUT2D eigenvalue weighted by molar-refractivity contribution is -0.384. The van der Waals surface area contributed by atoms with E-state index in [9.17, 15) is 20.0 Å². The van der Waals surface area contributed by atoms with Crippen LogP contribution in [0, 0.1) is 10.1 Å². The van der Waals surface area contributed by atoms with Crippen LogP contribution >= 0.6 is 0 Å². The number of nitrogens with zero attached hydrogens (tertiary/aromatic N) is 1. The van der Waals surface area contributed by atoms with Gasteiger partial charge in [-0.2, -0.15) is 0 Å². The third-order valence-electron chi connectivity index (χ3n) is 7.50. The van der Waals surface area contributed by atoms with Crippen molar-refractivity contribution in [3.05, 3.63) is 81.9 Å². The van der Waals surface area contributed by atoms with Gasteiger partial charge in [-0.3, -0.25) is 14.9 Å². The molecule has 0 saturated heterocycles. The van der Waals surface area contributed by atoms with Crippen LogP contribution in [0.1, 0.15) is 132 Å². The fourth-order valence-electron chi connectivity index (χ4n) is 4.97. The third-order valence-corrected chi connectivity index (χ3v) is 7.50. The van der Waals surface area contributed by atoms with Gasteiger partial charge in [0.2, 0.25) is 6.29 Å². The molecule has 2 rings (SSSR count). The number of ketones is 1. The lowest BCUT2D eigenvalue weighted by atomic mass is 10.0. The van der Waals surface area contributed by atoms with Crippen LogP contribution in [0.15, 0.2) is 60.7 Å². The number of allylic oxidation sites excluding steroid dienone is 1. The standard InChI is InChI=1S/C35H51NO5/c1-2-3-4-5-6-7-8-9-10-11-12-13-14-15-16-17-19-30-22-28-33(29-23-30)41-35(38)21-18-20-34(37)31-24-26-32(27-25-31)36(39)40/h18,21-29,35,38H,2-17,19-20H2,1H3. The zero-order valence-corrected chi connectivity index (χ0v) is 25.1. The van der Waals surface area contributed by atoms with E-state index < -0.39 is 11.2 Å². The summed E-state index contributed by atoms with van der Waals surface area (Å²) >= 11 is 0. The molecular formula is C35H51NO5. The molecule has 6 heteroatoms. The Bertz CT molecular complexity index is 1000. The number of ether oxygens (including phenoxy) is 1. The van der Waals surface area contributed by atoms with E-state index in [0.717, 1.165) is 6.42 Å². The summed E-state index contributed by atoms with van der Waals surface area (Å²) in [5.74, 6) is 0.376. The molecule has 1 unspecified atom stereocenters. The maximum absolute atomic E-state index is 12.2. The maximum atomic E-state index is 12.2. The van der Waals surface area contributed by atoms with Crippen LogP contribution in [-0.4, -0.2) is 22.1 Å². The smallest absolute Gasteiger partial charge is 0.269 e. The second-order valence-corrected chi connectivity index (χ2v) is 11.1. The van der Waals surface area contributed by atoms with Gasteiger partial charge in [-0.1, -0.05) is 121 Å². The molecule has 0 amide bonds. The largest absolute Gasteiger partial charge is 0.461 e. The number of hydrogen-bond acceptors (Lipinski definition) is 5. The summed E-state index contributed by atoms with van der Waals surface area (Å²) in [6, 6.07) is 13.3. The first-order valence-corrected chi connectivity index (χ1v) is 15.9. The fourth-order valence-corrected chi connectivity index (χ4v) is 4.97. The summed E-state index contributed by atoms with van der Waals surface area (Å²) in [5, 5.41) is 20.8. The van der Waals surface area contributed by atoms with Gasteiger partial charge in [-0.25, -0.2) is 0 Å². The van der Waals surface area contributed by atoms with Gasteiger partial charge >= 0.3 is 0 Å². The summed E-state index contributed by atoms with van der Waals surface area (Å²) in [5.41, 5.74) is 1.59. The molecule has 0 fully saturated rings. The van der Waals surface area contributed by atoms with Gasteiger partial charge in [0, 0.05) is 24.1 Å². The average molecular weight is 566 g/mol. The number of non-ortho nitro benzene ring substituents is 1. The van der Waals surface area contributed by atoms with E-state index >= 15 is 0 Å². The normalized spacial score (nSPS) is 12.0. The number of rotatable bonds is 24. The Morgan fingerprint density at radius 2 is 1.27 bits per heavy atom. The highest BCUT2D eigenvalue weighted by molar-refractivity contribution is 5.97. The highest BCUT2D eigenvalue weighted by atomic mass is 16.6. The molecule has 0 aliphatic carbocycles. The summed E-state index contributed by atoms with van der Waals surface area (Å²) < 4.78 is 5.52. The molecule has 0 aliphatic rings. The lowest BCUT2D eigenvalue weighted by Gasteiger charge is -2.10. The Labute approximate surface area is 247 Å². The van der Waals surface area contributed by atoms with Gasteiger partial charge in [0.25, 0.3) is 5.69 Å². The molecule has 6 nitrogen and oxygen atoms in total. The molecule has 0 heterocycles. The van der Waals surface area contributed by atoms with E-state index in [2.05, 4.69) is 6.92 Å². The minimum Gasteiger partial charge on any atom is -0.461 e. The molecule has 1 N–H and O–H groups in total. The van der Waals surface area contributed by atoms with Crippen LogP contribution in [0.5, 0.6) is 5.75 Å². The maximum Gasteiger partial charge on any atom is 0.269 e. The molecule has 2 aromatic carbocycles. The molecule has 0 saturated carbocycles. The first-order valence-electron chi connectivity index (χ1n) is 15.9. The topological polar surface area (TPSA) is 89.7 Å². The summed E-state index contributed by atoms with van der Waals surface area (Å²) in [6.45, 7) is 2.28. The molecule has 41 heavy (non-hydrogen) atoms. The number of hydrogen-bond donors (Lipinski definition) is 1. The monoisotopic (exact) mass is 565 g/mol. The highest BCUT2D eigenvalue weighted by Gasteiger charge is 2.09. The van der Waals surface area contributed by atoms with Crippen LogP contribution in [0.25, 0.3) is 0 Å². The Morgan fingerprint density at radius 3 is 1.76 bits per heavy atom. The van der Waals surface area contributed by atoms with E-state index in [1.165, 1.54) is 139 Å². The van der Waals surface area contributed by atoms with Gasteiger partial charge in [-0.15, -0.1) is 0 Å². The van der Waals surface area contributed by atoms with Crippen LogP contribution < -0.4 is 4.74 Å². The number of aryl methyl sites for hydroxylation is 1. The van der Waals surface area contributed by atoms with Crippen molar-refractivity contribution < 1.29 is 19.6 Å². The molecule has 226 valence electrons. The minimum absolute atomic E-state index is 0.0584. The van der Waals surface area contributed by atoms with Gasteiger partial charge in [0.15, 0.2) is 5.78 Å². The van der Waals surface area contributed by atoms with Crippen molar-refractivity contribution in [1.29, 1.82) is 0 Å². The van der Waals surface area contributed by atoms with Gasteiger partial charge in [-0.05, 0) is 48.7 Å². The van der Waals surface area contributed by atoms with Crippen LogP contribution in [0.4, 0.5) is 5.69 Å². The molecule has 0 bridgehead atoms. The molecule has 0 aromatic heterocycles. The highest BCUT2D eigenvalue weighted by Crippen LogP contribution is 2.18. The first kappa shape index (κ1) is 34.2. The number of carbonyl (C=O) groups excluding carboxylic acids is 1. The van der Waals surface area contributed by atoms with Crippen molar-refractivity contribution in [2.24, 2.45) is 0 Å². The van der Waals surface area contributed by atoms with E-state index in [-0.39, 0.29) is 17.9 Å². The predicted octanol–water partition coefficient (Wildman–Crippen LogP) is 9.93. The second-order valence-electron chi connectivity index (χ2n) is 11.1. The molecule has 1 atom stereocenters. The summed E-state index contributed by atoms with van der Waals surface area (Å²) in [7, 11) is 0. The Hall–Kier alpha value is -2.99. The number of aliphatic hydroxyl groups is 1. The van der Waals surface area contributed by atoms with Crippen LogP contribution in [0.3, 0.4) is 0 Å². The predicted molar refractivity (Wildman–Crippen MR) is 168 cm³/mol. The van der Waals surface area contributed by atoms with Crippen molar-refractivity contribution >= 4 is 11.5 Å². The van der Waals surface area contributed by atoms with E-state index in [0.29, 0.717) is 11.3 Å². The van der Waals surface area contributed by atoms with E-state index in [1.807, 2.05) is 24.3 Å². The van der Waals surface area contributed by atoms with E-state index in [4.69, 9.17) is 4.74 Å². The molecule has 0 radical (unpaired) electrons. The molecule has 2 aromatic rings. The second kappa shape index (κ2) is 21.7. The van der Waals surface area contributed by atoms with Crippen LogP contribution in [0.2, 0.25) is 0 Å². The van der Waals surface area contributed by atoms with Crippen molar-refractivity contribution in [3.8, 4) is 5.75 Å². The van der Waals surface area contributed by atoms with Gasteiger partial charge in [0.1, 0.15) is 5.75 Å². The van der Waals surface area contributed by atoms with Gasteiger partial charge < -0.3 is 9.84 Å². The number of nitro groups is 1. The van der Waals surface area contributed by atoms with Crippen LogP contribution in [-0.2, 0) is 6.42 Å². The summed E-state index contributed by atoms with van der Waals surface area (Å²) in [6.07, 6.45) is 24.9. The van der Waals surface area contributed by atoms with Crippen molar-refractivity contribution in [1.82, 2.24) is 0 Å². The SMILES string of the molecule is CCCCCCCCCCCCCCCCCCc1ccc(OC(O)C=CCC(=O)c2ccc([N+](=O)[O-])cc2)cc1. The number of aliphatic hydroxyl groups excluding tert-OH is 1. The zero-order valence-electron chi connectivity index (χ0n) is 25.1. The van der Waals surface area contributed by atoms with Crippen molar-refractivity contribution in [3.63, 3.8) is 0 Å². The minimum atomic E-state index is -1.16. The fraction of sp³-hybridized carbons (Fsp3) is 0.571. The Morgan fingerprint density at radius 1 is 0.780 bits per heavy atom. The van der Waals surface area contributed by atoms with E-state index in [1.54, 1.807) is 6.08 Å². The first-order chi connectivity index (χ1) is 20.0. The van der Waals surface area contributed by atoms with Gasteiger partial charge in [0.05, 0.1) is 4.92 Å². The lowest BCUT2D eigenvalue weighted by Crippen LogP contribution is -2.12. The summed E-state index contributed by atoms with van der Waals surface area (Å²) in [4.78, 5) is 22.4. The van der Waals surface area contributed by atoms with Crippen molar-refractivity contribution in [2.75, 3.05) is 0 Å². The molecular weight excluding hydrogens is 514 g/mol. The Balaban J connectivity index is 1.48. The number of Topliss-reactive ketones (excluding diaryl/α,β-unsaturated/α-hetero) is 1. The number of benzene rings is 2. The number of carbonyl (C=O) groups is 1. The number of unbranched alkanes of at least 4 members (excludes halogenated alkanes) is 15.